The monoisotopic (exact) mass is 225 g/mol. The molecule has 0 bridgehead atoms. The molecule has 0 radical (unpaired) electrons. The van der Waals surface area contributed by atoms with E-state index >= 15 is 0 Å². The van der Waals surface area contributed by atoms with Crippen LogP contribution in [0.3, 0.4) is 0 Å². The van der Waals surface area contributed by atoms with E-state index in [0.717, 1.165) is 5.82 Å². The number of nitrogens with zero attached hydrogens (tertiary/aromatic N) is 3. The molecule has 6 heteroatoms. The fourth-order valence-electron chi connectivity index (χ4n) is 1.30. The van der Waals surface area contributed by atoms with Crippen molar-refractivity contribution in [2.24, 2.45) is 5.73 Å². The molecule has 3 N–H and O–H groups in total. The van der Waals surface area contributed by atoms with Gasteiger partial charge < -0.3 is 10.6 Å². The molecule has 0 fully saturated rings. The van der Waals surface area contributed by atoms with Crippen LogP contribution in [0.1, 0.15) is 31.4 Å². The molecular weight excluding hydrogens is 206 g/mol. The number of aryl methyl sites for hydroxylation is 1. The van der Waals surface area contributed by atoms with Crippen molar-refractivity contribution in [3.63, 3.8) is 0 Å². The van der Waals surface area contributed by atoms with Crippen LogP contribution in [0.2, 0.25) is 0 Å². The van der Waals surface area contributed by atoms with Crippen molar-refractivity contribution in [2.45, 2.75) is 39.3 Å². The summed E-state index contributed by atoms with van der Waals surface area (Å²) >= 11 is 0. The number of aromatic amines is 1. The van der Waals surface area contributed by atoms with Crippen molar-refractivity contribution in [1.29, 1.82) is 0 Å². The van der Waals surface area contributed by atoms with E-state index in [1.807, 2.05) is 13.8 Å². The largest absolute Gasteiger partial charge is 0.338 e. The van der Waals surface area contributed by atoms with Crippen LogP contribution in [0.25, 0.3) is 0 Å². The van der Waals surface area contributed by atoms with Gasteiger partial charge in [-0.3, -0.25) is 9.89 Å². The van der Waals surface area contributed by atoms with Crippen molar-refractivity contribution >= 4 is 5.91 Å². The summed E-state index contributed by atoms with van der Waals surface area (Å²) in [5, 5.41) is 6.72. The average molecular weight is 225 g/mol. The third kappa shape index (κ3) is 3.98. The van der Waals surface area contributed by atoms with Crippen LogP contribution in [0, 0.1) is 6.92 Å². The Balaban J connectivity index is 2.39. The molecule has 1 unspecified atom stereocenters. The van der Waals surface area contributed by atoms with E-state index in [2.05, 4.69) is 15.2 Å². The minimum Gasteiger partial charge on any atom is -0.338 e. The zero-order valence-corrected chi connectivity index (χ0v) is 10.0. The van der Waals surface area contributed by atoms with Crippen LogP contribution in [-0.2, 0) is 11.3 Å². The van der Waals surface area contributed by atoms with Gasteiger partial charge in [0.15, 0.2) is 5.82 Å². The summed E-state index contributed by atoms with van der Waals surface area (Å²) in [7, 11) is 1.75. The lowest BCUT2D eigenvalue weighted by atomic mass is 10.2. The number of H-pyrrole nitrogens is 1. The molecule has 1 amide bonds. The van der Waals surface area contributed by atoms with Crippen LogP contribution in [-0.4, -0.2) is 39.1 Å². The van der Waals surface area contributed by atoms with E-state index in [1.165, 1.54) is 0 Å². The van der Waals surface area contributed by atoms with E-state index < -0.39 is 0 Å². The second-order valence-electron chi connectivity index (χ2n) is 4.10. The predicted molar refractivity (Wildman–Crippen MR) is 60.5 cm³/mol. The summed E-state index contributed by atoms with van der Waals surface area (Å²) < 4.78 is 0. The fraction of sp³-hybridized carbons (Fsp3) is 0.700. The van der Waals surface area contributed by atoms with Gasteiger partial charge in [-0.2, -0.15) is 5.10 Å². The van der Waals surface area contributed by atoms with Gasteiger partial charge in [-0.15, -0.1) is 0 Å². The van der Waals surface area contributed by atoms with Gasteiger partial charge in [0.25, 0.3) is 0 Å². The molecular formula is C10H19N5O. The first-order chi connectivity index (χ1) is 7.49. The topological polar surface area (TPSA) is 87.9 Å². The minimum atomic E-state index is 0.0584. The molecule has 0 saturated heterocycles. The number of amides is 1. The molecule has 0 saturated carbocycles. The molecule has 0 aromatic carbocycles. The highest BCUT2D eigenvalue weighted by Gasteiger charge is 2.12. The van der Waals surface area contributed by atoms with Gasteiger partial charge in [0.1, 0.15) is 5.82 Å². The van der Waals surface area contributed by atoms with E-state index in [4.69, 9.17) is 5.73 Å². The number of carbonyl (C=O) groups is 1. The fourth-order valence-corrected chi connectivity index (χ4v) is 1.30. The van der Waals surface area contributed by atoms with Gasteiger partial charge >= 0.3 is 0 Å². The first kappa shape index (κ1) is 12.6. The Kier molecular flexibility index (Phi) is 4.42. The van der Waals surface area contributed by atoms with Crippen molar-refractivity contribution in [3.05, 3.63) is 11.6 Å². The summed E-state index contributed by atoms with van der Waals surface area (Å²) in [4.78, 5) is 17.4. The van der Waals surface area contributed by atoms with Gasteiger partial charge in [-0.1, -0.05) is 0 Å². The lowest BCUT2D eigenvalue weighted by Gasteiger charge is -2.15. The highest BCUT2D eigenvalue weighted by atomic mass is 16.2. The zero-order chi connectivity index (χ0) is 12.1. The number of hydrogen-bond acceptors (Lipinski definition) is 4. The first-order valence-corrected chi connectivity index (χ1v) is 5.36. The number of carbonyl (C=O) groups excluding carboxylic acids is 1. The van der Waals surface area contributed by atoms with Gasteiger partial charge in [-0.05, 0) is 20.3 Å². The van der Waals surface area contributed by atoms with E-state index in [-0.39, 0.29) is 11.9 Å². The Morgan fingerprint density at radius 1 is 1.62 bits per heavy atom. The molecule has 1 aromatic heterocycles. The highest BCUT2D eigenvalue weighted by molar-refractivity contribution is 5.75. The van der Waals surface area contributed by atoms with Crippen molar-refractivity contribution in [2.75, 3.05) is 7.05 Å². The Morgan fingerprint density at radius 2 is 2.31 bits per heavy atom. The average Bonchev–Trinajstić information content (AvgIpc) is 2.60. The second-order valence-corrected chi connectivity index (χ2v) is 4.10. The molecule has 16 heavy (non-hydrogen) atoms. The van der Waals surface area contributed by atoms with Crippen molar-refractivity contribution in [1.82, 2.24) is 20.1 Å². The Morgan fingerprint density at radius 3 is 2.81 bits per heavy atom. The molecule has 90 valence electrons. The number of nitrogens with one attached hydrogen (secondary N) is 1. The highest BCUT2D eigenvalue weighted by Crippen LogP contribution is 2.02. The molecule has 6 nitrogen and oxygen atoms in total. The zero-order valence-electron chi connectivity index (χ0n) is 10.0. The summed E-state index contributed by atoms with van der Waals surface area (Å²) in [5.41, 5.74) is 5.60. The third-order valence-electron chi connectivity index (χ3n) is 2.26. The van der Waals surface area contributed by atoms with Gasteiger partial charge in [0.05, 0.1) is 6.54 Å². The lowest BCUT2D eigenvalue weighted by molar-refractivity contribution is -0.130. The molecule has 0 aliphatic rings. The van der Waals surface area contributed by atoms with Gasteiger partial charge in [0, 0.05) is 19.5 Å². The molecule has 0 aliphatic heterocycles. The van der Waals surface area contributed by atoms with Gasteiger partial charge in [0.2, 0.25) is 5.91 Å². The number of nitrogens with two attached hydrogens (primary N) is 1. The second kappa shape index (κ2) is 5.60. The number of aromatic nitrogens is 3. The van der Waals surface area contributed by atoms with Gasteiger partial charge in [-0.25, -0.2) is 4.98 Å². The third-order valence-corrected chi connectivity index (χ3v) is 2.26. The number of rotatable bonds is 5. The summed E-state index contributed by atoms with van der Waals surface area (Å²) in [6, 6.07) is 0.0584. The number of hydrogen-bond donors (Lipinski definition) is 2. The standard InChI is InChI=1S/C10H19N5O/c1-7(11)4-5-10(16)15(3)6-9-12-8(2)13-14-9/h7H,4-6,11H2,1-3H3,(H,12,13,14). The van der Waals surface area contributed by atoms with Crippen LogP contribution in [0.15, 0.2) is 0 Å². The van der Waals surface area contributed by atoms with Crippen LogP contribution >= 0.6 is 0 Å². The van der Waals surface area contributed by atoms with E-state index in [9.17, 15) is 4.79 Å². The summed E-state index contributed by atoms with van der Waals surface area (Å²) in [5.74, 6) is 1.46. The Hall–Kier alpha value is -1.43. The Labute approximate surface area is 95.2 Å². The van der Waals surface area contributed by atoms with E-state index in [0.29, 0.717) is 25.2 Å². The molecule has 1 heterocycles. The van der Waals surface area contributed by atoms with Crippen LogP contribution in [0.4, 0.5) is 0 Å². The maximum atomic E-state index is 11.7. The predicted octanol–water partition coefficient (Wildman–Crippen LogP) is 0.199. The molecule has 1 atom stereocenters. The lowest BCUT2D eigenvalue weighted by Crippen LogP contribution is -2.28. The normalized spacial score (nSPS) is 12.5. The SMILES string of the molecule is Cc1nc(CN(C)C(=O)CCC(C)N)n[nH]1. The molecule has 1 aromatic rings. The van der Waals surface area contributed by atoms with E-state index in [1.54, 1.807) is 11.9 Å². The first-order valence-electron chi connectivity index (χ1n) is 5.36. The summed E-state index contributed by atoms with van der Waals surface area (Å²) in [6.45, 7) is 4.16. The quantitative estimate of drug-likeness (QED) is 0.749. The minimum absolute atomic E-state index is 0.0584. The van der Waals surface area contributed by atoms with Crippen molar-refractivity contribution in [3.8, 4) is 0 Å². The maximum absolute atomic E-state index is 11.7. The summed E-state index contributed by atoms with van der Waals surface area (Å²) in [6.07, 6.45) is 1.17. The van der Waals surface area contributed by atoms with Crippen LogP contribution < -0.4 is 5.73 Å². The molecule has 0 aliphatic carbocycles. The molecule has 0 spiro atoms. The van der Waals surface area contributed by atoms with Crippen molar-refractivity contribution < 1.29 is 4.79 Å². The smallest absolute Gasteiger partial charge is 0.222 e. The Bertz CT molecular complexity index is 347. The van der Waals surface area contributed by atoms with Crippen LogP contribution in [0.5, 0.6) is 0 Å². The molecule has 1 rings (SSSR count). The maximum Gasteiger partial charge on any atom is 0.222 e.